The number of rotatable bonds is 4. The van der Waals surface area contributed by atoms with E-state index in [0.717, 1.165) is 35.6 Å². The van der Waals surface area contributed by atoms with Crippen LogP contribution in [-0.2, 0) is 34.2 Å². The van der Waals surface area contributed by atoms with Crippen LogP contribution in [0.3, 0.4) is 0 Å². The van der Waals surface area contributed by atoms with E-state index in [0.29, 0.717) is 37.7 Å². The van der Waals surface area contributed by atoms with Gasteiger partial charge in [-0.1, -0.05) is 41.9 Å². The lowest BCUT2D eigenvalue weighted by atomic mass is 9.82. The monoisotopic (exact) mass is 533 g/mol. The maximum Gasteiger partial charge on any atom is 0.243 e. The molecule has 0 spiro atoms. The van der Waals surface area contributed by atoms with Crippen LogP contribution in [-0.4, -0.2) is 49.7 Å². The Morgan fingerprint density at radius 3 is 2.40 bits per heavy atom. The van der Waals surface area contributed by atoms with Gasteiger partial charge in [0.15, 0.2) is 0 Å². The third-order valence-electron chi connectivity index (χ3n) is 7.05. The number of nitrogens with zero attached hydrogens (tertiary/aromatic N) is 2. The van der Waals surface area contributed by atoms with Gasteiger partial charge in [0, 0.05) is 43.7 Å². The van der Waals surface area contributed by atoms with E-state index in [9.17, 15) is 13.2 Å². The second-order valence-electron chi connectivity index (χ2n) is 9.13. The Bertz CT molecular complexity index is 1360. The van der Waals surface area contributed by atoms with Crippen LogP contribution in [0.25, 0.3) is 10.8 Å². The van der Waals surface area contributed by atoms with Crippen molar-refractivity contribution in [3.05, 3.63) is 76.3 Å². The number of hydrogen-bond donors (Lipinski definition) is 1. The Kier molecular flexibility index (Phi) is 7.74. The van der Waals surface area contributed by atoms with Crippen LogP contribution in [0.2, 0.25) is 5.02 Å². The molecule has 1 fully saturated rings. The SMILES string of the molecule is Cl.NCc1ccc2c(c1)CCC(C(=O)N1CCN(S(=O)(=O)c3ccc4cc(Cl)ccc4c3)CC1)C2. The van der Waals surface area contributed by atoms with Crippen molar-refractivity contribution in [1.29, 1.82) is 0 Å². The maximum absolute atomic E-state index is 13.3. The third kappa shape index (κ3) is 5.20. The van der Waals surface area contributed by atoms with E-state index in [1.165, 1.54) is 15.4 Å². The quantitative estimate of drug-likeness (QED) is 0.549. The van der Waals surface area contributed by atoms with Gasteiger partial charge < -0.3 is 10.6 Å². The van der Waals surface area contributed by atoms with Crippen molar-refractivity contribution < 1.29 is 13.2 Å². The average molecular weight is 535 g/mol. The van der Waals surface area contributed by atoms with Gasteiger partial charge in [-0.15, -0.1) is 12.4 Å². The summed E-state index contributed by atoms with van der Waals surface area (Å²) in [6, 6.07) is 16.8. The number of nitrogens with two attached hydrogens (primary N) is 1. The highest BCUT2D eigenvalue weighted by Crippen LogP contribution is 2.29. The number of hydrogen-bond acceptors (Lipinski definition) is 4. The van der Waals surface area contributed by atoms with E-state index in [-0.39, 0.29) is 29.1 Å². The Labute approximate surface area is 217 Å². The summed E-state index contributed by atoms with van der Waals surface area (Å²) >= 11 is 6.04. The minimum atomic E-state index is -3.63. The van der Waals surface area contributed by atoms with Crippen LogP contribution in [0.5, 0.6) is 0 Å². The summed E-state index contributed by atoms with van der Waals surface area (Å²) in [6.07, 6.45) is 2.43. The molecular weight excluding hydrogens is 505 g/mol. The molecule has 0 aromatic heterocycles. The number of benzene rings is 3. The highest BCUT2D eigenvalue weighted by Gasteiger charge is 2.34. The smallest absolute Gasteiger partial charge is 0.243 e. The maximum atomic E-state index is 13.3. The molecule has 1 aliphatic heterocycles. The molecule has 3 aromatic carbocycles. The Morgan fingerprint density at radius 2 is 1.66 bits per heavy atom. The summed E-state index contributed by atoms with van der Waals surface area (Å²) in [7, 11) is -3.63. The van der Waals surface area contributed by atoms with E-state index in [1.54, 1.807) is 24.3 Å². The summed E-state index contributed by atoms with van der Waals surface area (Å²) in [5.74, 6) is 0.0832. The number of carbonyl (C=O) groups is 1. The highest BCUT2D eigenvalue weighted by atomic mass is 35.5. The second-order valence-corrected chi connectivity index (χ2v) is 11.5. The molecular formula is C26H29Cl2N3O3S. The summed E-state index contributed by atoms with van der Waals surface area (Å²) in [4.78, 5) is 15.3. The second kappa shape index (κ2) is 10.4. The van der Waals surface area contributed by atoms with Crippen LogP contribution in [0.1, 0.15) is 23.1 Å². The van der Waals surface area contributed by atoms with Gasteiger partial charge >= 0.3 is 0 Å². The van der Waals surface area contributed by atoms with Crippen LogP contribution >= 0.6 is 24.0 Å². The molecule has 9 heteroatoms. The third-order valence-corrected chi connectivity index (χ3v) is 9.18. The minimum absolute atomic E-state index is 0. The van der Waals surface area contributed by atoms with Crippen molar-refractivity contribution in [1.82, 2.24) is 9.21 Å². The summed E-state index contributed by atoms with van der Waals surface area (Å²) in [5.41, 5.74) is 9.39. The fourth-order valence-electron chi connectivity index (χ4n) is 5.06. The summed E-state index contributed by atoms with van der Waals surface area (Å²) in [5, 5.41) is 2.34. The van der Waals surface area contributed by atoms with Crippen LogP contribution in [0.15, 0.2) is 59.5 Å². The van der Waals surface area contributed by atoms with Crippen LogP contribution < -0.4 is 5.73 Å². The van der Waals surface area contributed by atoms with Crippen LogP contribution in [0.4, 0.5) is 0 Å². The zero-order chi connectivity index (χ0) is 23.9. The van der Waals surface area contributed by atoms with E-state index in [2.05, 4.69) is 12.1 Å². The van der Waals surface area contributed by atoms with Gasteiger partial charge in [-0.25, -0.2) is 8.42 Å². The molecule has 1 amide bonds. The lowest BCUT2D eigenvalue weighted by Crippen LogP contribution is -2.52. The van der Waals surface area contributed by atoms with Gasteiger partial charge in [-0.3, -0.25) is 4.79 Å². The van der Waals surface area contributed by atoms with Crippen molar-refractivity contribution in [3.63, 3.8) is 0 Å². The Morgan fingerprint density at radius 1 is 0.943 bits per heavy atom. The first-order valence-corrected chi connectivity index (χ1v) is 13.5. The molecule has 1 atom stereocenters. The van der Waals surface area contributed by atoms with Gasteiger partial charge in [-0.05, 0) is 71.0 Å². The zero-order valence-corrected chi connectivity index (χ0v) is 21.7. The number of piperazine rings is 1. The minimum Gasteiger partial charge on any atom is -0.340 e. The molecule has 1 heterocycles. The lowest BCUT2D eigenvalue weighted by molar-refractivity contribution is -0.137. The first-order chi connectivity index (χ1) is 16.3. The lowest BCUT2D eigenvalue weighted by Gasteiger charge is -2.36. The molecule has 186 valence electrons. The Balaban J connectivity index is 0.00000289. The zero-order valence-electron chi connectivity index (χ0n) is 19.3. The topological polar surface area (TPSA) is 83.7 Å². The molecule has 1 aliphatic carbocycles. The van der Waals surface area contributed by atoms with Gasteiger partial charge in [-0.2, -0.15) is 4.31 Å². The molecule has 3 aromatic rings. The van der Waals surface area contributed by atoms with Crippen molar-refractivity contribution in [2.24, 2.45) is 11.7 Å². The van der Waals surface area contributed by atoms with Gasteiger partial charge in [0.1, 0.15) is 0 Å². The van der Waals surface area contributed by atoms with E-state index in [1.807, 2.05) is 23.1 Å². The standard InChI is InChI=1S/C26H28ClN3O3S.ClH/c27-24-7-5-22-16-25(8-6-21(22)15-24)34(32,33)30-11-9-29(10-12-30)26(31)23-4-3-19-13-18(17-28)1-2-20(19)14-23;/h1-2,5-8,13,15-16,23H,3-4,9-12,14,17,28H2;1H. The molecule has 1 unspecified atom stereocenters. The normalized spacial score (nSPS) is 18.7. The molecule has 0 saturated carbocycles. The number of fused-ring (bicyclic) bond motifs is 2. The number of aryl methyl sites for hydroxylation is 1. The Hall–Kier alpha value is -2.16. The predicted molar refractivity (Wildman–Crippen MR) is 141 cm³/mol. The predicted octanol–water partition coefficient (Wildman–Crippen LogP) is 4.01. The molecule has 35 heavy (non-hydrogen) atoms. The summed E-state index contributed by atoms with van der Waals surface area (Å²) < 4.78 is 28.0. The number of carbonyl (C=O) groups excluding carboxylic acids is 1. The van der Waals surface area contributed by atoms with Gasteiger partial charge in [0.25, 0.3) is 0 Å². The van der Waals surface area contributed by atoms with Crippen LogP contribution in [0, 0.1) is 5.92 Å². The number of sulfonamides is 1. The molecule has 1 saturated heterocycles. The first-order valence-electron chi connectivity index (χ1n) is 11.6. The van der Waals surface area contributed by atoms with E-state index in [4.69, 9.17) is 17.3 Å². The fourth-order valence-corrected chi connectivity index (χ4v) is 6.70. The molecule has 2 N–H and O–H groups in total. The van der Waals surface area contributed by atoms with Crippen molar-refractivity contribution in [3.8, 4) is 0 Å². The molecule has 0 bridgehead atoms. The van der Waals surface area contributed by atoms with Gasteiger partial charge in [0.2, 0.25) is 15.9 Å². The first kappa shape index (κ1) is 25.9. The number of halogens is 2. The molecule has 5 rings (SSSR count). The van der Waals surface area contributed by atoms with E-state index < -0.39 is 10.0 Å². The fraction of sp³-hybridized carbons (Fsp3) is 0.346. The van der Waals surface area contributed by atoms with Crippen molar-refractivity contribution >= 4 is 50.7 Å². The number of amides is 1. The largest absolute Gasteiger partial charge is 0.340 e. The van der Waals surface area contributed by atoms with Crippen molar-refractivity contribution in [2.45, 2.75) is 30.7 Å². The molecule has 0 radical (unpaired) electrons. The van der Waals surface area contributed by atoms with Gasteiger partial charge in [0.05, 0.1) is 4.90 Å². The molecule has 6 nitrogen and oxygen atoms in total. The average Bonchev–Trinajstić information content (AvgIpc) is 2.87. The summed E-state index contributed by atoms with van der Waals surface area (Å²) in [6.45, 7) is 1.95. The molecule has 2 aliphatic rings. The van der Waals surface area contributed by atoms with E-state index >= 15 is 0 Å². The van der Waals surface area contributed by atoms with Crippen molar-refractivity contribution in [2.75, 3.05) is 26.2 Å². The highest BCUT2D eigenvalue weighted by molar-refractivity contribution is 7.89.